The fourth-order valence-electron chi connectivity index (χ4n) is 2.29. The first-order valence-electron chi connectivity index (χ1n) is 6.38. The van der Waals surface area contributed by atoms with Crippen LogP contribution in [0.1, 0.15) is 25.3 Å². The Balaban J connectivity index is 2.04. The normalized spacial score (nSPS) is 23.7. The molecule has 1 saturated heterocycles. The highest BCUT2D eigenvalue weighted by atomic mass is 127. The molecule has 2 N–H and O–H groups in total. The van der Waals surface area contributed by atoms with Crippen LogP contribution in [0, 0.1) is 16.4 Å². The molecule has 0 radical (unpaired) electrons. The van der Waals surface area contributed by atoms with Gasteiger partial charge in [0.1, 0.15) is 0 Å². The van der Waals surface area contributed by atoms with Crippen molar-refractivity contribution in [3.63, 3.8) is 0 Å². The number of nitrogens with one attached hydrogen (secondary N) is 2. The van der Waals surface area contributed by atoms with Crippen molar-refractivity contribution in [2.75, 3.05) is 11.9 Å². The Labute approximate surface area is 122 Å². The lowest BCUT2D eigenvalue weighted by Gasteiger charge is -2.28. The van der Waals surface area contributed by atoms with E-state index >= 15 is 0 Å². The van der Waals surface area contributed by atoms with E-state index < -0.39 is 0 Å². The molecule has 2 rings (SSSR count). The molecule has 0 spiro atoms. The van der Waals surface area contributed by atoms with Crippen molar-refractivity contribution in [2.24, 2.45) is 5.92 Å². The lowest BCUT2D eigenvalue weighted by molar-refractivity contribution is -0.119. The van der Waals surface area contributed by atoms with Crippen molar-refractivity contribution in [1.82, 2.24) is 5.32 Å². The first kappa shape index (κ1) is 13.8. The number of benzene rings is 1. The van der Waals surface area contributed by atoms with Crippen LogP contribution in [0.15, 0.2) is 18.2 Å². The van der Waals surface area contributed by atoms with Gasteiger partial charge in [-0.15, -0.1) is 0 Å². The minimum Gasteiger partial charge on any atom is -0.325 e. The van der Waals surface area contributed by atoms with E-state index in [-0.39, 0.29) is 11.9 Å². The smallest absolute Gasteiger partial charge is 0.241 e. The average molecular weight is 358 g/mol. The number of aryl methyl sites for hydroxylation is 1. The quantitative estimate of drug-likeness (QED) is 0.799. The van der Waals surface area contributed by atoms with Gasteiger partial charge in [-0.3, -0.25) is 4.79 Å². The Kier molecular flexibility index (Phi) is 4.61. The lowest BCUT2D eigenvalue weighted by atomic mass is 9.92. The van der Waals surface area contributed by atoms with Gasteiger partial charge in [0, 0.05) is 9.26 Å². The number of hydrogen-bond donors (Lipinski definition) is 2. The fourth-order valence-corrected chi connectivity index (χ4v) is 2.81. The van der Waals surface area contributed by atoms with Crippen LogP contribution in [0.25, 0.3) is 0 Å². The minimum absolute atomic E-state index is 0.0577. The summed E-state index contributed by atoms with van der Waals surface area (Å²) in [4.78, 5) is 12.2. The Morgan fingerprint density at radius 1 is 1.50 bits per heavy atom. The maximum Gasteiger partial charge on any atom is 0.241 e. The first-order chi connectivity index (χ1) is 8.58. The van der Waals surface area contributed by atoms with Crippen LogP contribution in [-0.4, -0.2) is 18.5 Å². The molecular formula is C14H19IN2O. The van der Waals surface area contributed by atoms with Crippen LogP contribution in [0.5, 0.6) is 0 Å². The molecule has 1 amide bonds. The summed E-state index contributed by atoms with van der Waals surface area (Å²) in [6, 6.07) is 5.96. The summed E-state index contributed by atoms with van der Waals surface area (Å²) in [7, 11) is 0. The SMILES string of the molecule is Cc1ccc(NC(=O)C2NCCCC2C)cc1I. The molecule has 1 aromatic carbocycles. The highest BCUT2D eigenvalue weighted by Gasteiger charge is 2.27. The van der Waals surface area contributed by atoms with Crippen LogP contribution in [-0.2, 0) is 4.79 Å². The largest absolute Gasteiger partial charge is 0.325 e. The molecule has 0 bridgehead atoms. The van der Waals surface area contributed by atoms with E-state index in [4.69, 9.17) is 0 Å². The standard InChI is InChI=1S/C14H19IN2O/c1-9-5-6-11(8-12(9)15)17-14(18)13-10(2)4-3-7-16-13/h5-6,8,10,13,16H,3-4,7H2,1-2H3,(H,17,18). The topological polar surface area (TPSA) is 41.1 Å². The molecule has 1 fully saturated rings. The number of amides is 1. The average Bonchev–Trinajstić information content (AvgIpc) is 2.34. The Hall–Kier alpha value is -0.620. The molecule has 1 aromatic rings. The van der Waals surface area contributed by atoms with Crippen LogP contribution >= 0.6 is 22.6 Å². The molecular weight excluding hydrogens is 339 g/mol. The zero-order valence-electron chi connectivity index (χ0n) is 10.8. The summed E-state index contributed by atoms with van der Waals surface area (Å²) in [5.74, 6) is 0.491. The molecule has 18 heavy (non-hydrogen) atoms. The maximum atomic E-state index is 12.2. The highest BCUT2D eigenvalue weighted by molar-refractivity contribution is 14.1. The molecule has 0 saturated carbocycles. The molecule has 4 heteroatoms. The second-order valence-corrected chi connectivity index (χ2v) is 6.17. The summed E-state index contributed by atoms with van der Waals surface area (Å²) < 4.78 is 1.18. The summed E-state index contributed by atoms with van der Waals surface area (Å²) in [6.45, 7) is 5.14. The van der Waals surface area contributed by atoms with Crippen molar-refractivity contribution in [3.8, 4) is 0 Å². The zero-order valence-corrected chi connectivity index (χ0v) is 13.0. The number of rotatable bonds is 2. The zero-order chi connectivity index (χ0) is 13.1. The highest BCUT2D eigenvalue weighted by Crippen LogP contribution is 2.20. The van der Waals surface area contributed by atoms with Crippen LogP contribution < -0.4 is 10.6 Å². The lowest BCUT2D eigenvalue weighted by Crippen LogP contribution is -2.48. The fraction of sp³-hybridized carbons (Fsp3) is 0.500. The number of anilines is 1. The van der Waals surface area contributed by atoms with E-state index in [9.17, 15) is 4.79 Å². The number of hydrogen-bond acceptors (Lipinski definition) is 2. The molecule has 2 unspecified atom stereocenters. The van der Waals surface area contributed by atoms with Gasteiger partial charge in [0.05, 0.1) is 6.04 Å². The third-order valence-electron chi connectivity index (χ3n) is 3.49. The van der Waals surface area contributed by atoms with E-state index in [1.54, 1.807) is 0 Å². The molecule has 1 aliphatic heterocycles. The van der Waals surface area contributed by atoms with Gasteiger partial charge in [0.15, 0.2) is 0 Å². The number of halogens is 1. The van der Waals surface area contributed by atoms with Gasteiger partial charge < -0.3 is 10.6 Å². The second-order valence-electron chi connectivity index (χ2n) is 5.00. The second kappa shape index (κ2) is 6.02. The van der Waals surface area contributed by atoms with Crippen molar-refractivity contribution < 1.29 is 4.79 Å². The predicted octanol–water partition coefficient (Wildman–Crippen LogP) is 2.93. The van der Waals surface area contributed by atoms with Gasteiger partial charge in [-0.05, 0) is 72.5 Å². The molecule has 0 aliphatic carbocycles. The van der Waals surface area contributed by atoms with Crippen molar-refractivity contribution in [1.29, 1.82) is 0 Å². The Bertz CT molecular complexity index is 447. The van der Waals surface area contributed by atoms with Crippen LogP contribution in [0.4, 0.5) is 5.69 Å². The van der Waals surface area contributed by atoms with Gasteiger partial charge in [-0.1, -0.05) is 13.0 Å². The van der Waals surface area contributed by atoms with Crippen molar-refractivity contribution in [3.05, 3.63) is 27.3 Å². The van der Waals surface area contributed by atoms with E-state index in [2.05, 4.69) is 47.1 Å². The molecule has 0 aromatic heterocycles. The monoisotopic (exact) mass is 358 g/mol. The Morgan fingerprint density at radius 2 is 2.28 bits per heavy atom. The van der Waals surface area contributed by atoms with Crippen molar-refractivity contribution in [2.45, 2.75) is 32.7 Å². The Morgan fingerprint density at radius 3 is 2.94 bits per heavy atom. The van der Waals surface area contributed by atoms with Gasteiger partial charge in [-0.25, -0.2) is 0 Å². The molecule has 1 heterocycles. The van der Waals surface area contributed by atoms with Gasteiger partial charge in [0.25, 0.3) is 0 Å². The number of carbonyl (C=O) groups is 1. The molecule has 1 aliphatic rings. The minimum atomic E-state index is -0.0577. The summed E-state index contributed by atoms with van der Waals surface area (Å²) in [5.41, 5.74) is 2.12. The van der Waals surface area contributed by atoms with E-state index in [1.807, 2.05) is 18.2 Å². The molecule has 98 valence electrons. The predicted molar refractivity (Wildman–Crippen MR) is 82.7 cm³/mol. The number of carbonyl (C=O) groups excluding carboxylic acids is 1. The maximum absolute atomic E-state index is 12.2. The summed E-state index contributed by atoms with van der Waals surface area (Å²) in [6.07, 6.45) is 2.28. The van der Waals surface area contributed by atoms with E-state index in [0.29, 0.717) is 5.92 Å². The molecule has 3 nitrogen and oxygen atoms in total. The number of piperidine rings is 1. The summed E-state index contributed by atoms with van der Waals surface area (Å²) in [5, 5.41) is 6.30. The third-order valence-corrected chi connectivity index (χ3v) is 4.65. The first-order valence-corrected chi connectivity index (χ1v) is 7.46. The van der Waals surface area contributed by atoms with E-state index in [1.165, 1.54) is 9.13 Å². The van der Waals surface area contributed by atoms with Gasteiger partial charge in [-0.2, -0.15) is 0 Å². The van der Waals surface area contributed by atoms with Gasteiger partial charge >= 0.3 is 0 Å². The summed E-state index contributed by atoms with van der Waals surface area (Å²) >= 11 is 2.29. The van der Waals surface area contributed by atoms with Gasteiger partial charge in [0.2, 0.25) is 5.91 Å². The van der Waals surface area contributed by atoms with E-state index in [0.717, 1.165) is 25.1 Å². The van der Waals surface area contributed by atoms with Crippen LogP contribution in [0.3, 0.4) is 0 Å². The van der Waals surface area contributed by atoms with Crippen molar-refractivity contribution >= 4 is 34.2 Å². The van der Waals surface area contributed by atoms with Crippen LogP contribution in [0.2, 0.25) is 0 Å². The third kappa shape index (κ3) is 3.23. The molecule has 2 atom stereocenters.